The molecule has 3 N–H and O–H groups in total. The molecular weight excluding hydrogens is 399 g/mol. The second-order valence-corrected chi connectivity index (χ2v) is 7.32. The molecule has 1 aromatic carbocycles. The van der Waals surface area contributed by atoms with Crippen molar-refractivity contribution in [2.45, 2.75) is 58.9 Å². The van der Waals surface area contributed by atoms with Gasteiger partial charge < -0.3 is 15.1 Å². The molecule has 1 aliphatic rings. The molecule has 2 aromatic rings. The van der Waals surface area contributed by atoms with Crippen LogP contribution >= 0.6 is 0 Å². The zero-order valence-electron chi connectivity index (χ0n) is 17.6. The number of fused-ring (bicyclic) bond motifs is 1. The summed E-state index contributed by atoms with van der Waals surface area (Å²) in [5, 5.41) is 8.62. The van der Waals surface area contributed by atoms with Gasteiger partial charge in [-0.25, -0.2) is 23.4 Å². The van der Waals surface area contributed by atoms with E-state index in [9.17, 15) is 22.8 Å². The van der Waals surface area contributed by atoms with Crippen LogP contribution in [0.15, 0.2) is 11.0 Å². The van der Waals surface area contributed by atoms with Crippen LogP contribution in [0.4, 0.5) is 18.9 Å². The maximum atomic E-state index is 14.3. The second-order valence-electron chi connectivity index (χ2n) is 7.32. The molecule has 0 atom stereocenters. The van der Waals surface area contributed by atoms with Gasteiger partial charge in [0.05, 0.1) is 10.9 Å². The Bertz CT molecular complexity index is 978. The standard InChI is InChI=1S/C14H12F3N3O3.C7H16/c1-18-19-11-7-12(10(17)8(15)9(11)16)20(5-2-3-5)4-6(13(7)21)14(22)23;1-4-7(5-2)6-3/h4-5,18-19H,2-3H2,1H3,(H,22,23);7H,4-6H2,1-3H3. The number of aromatic carboxylic acids is 1. The number of hydrogen-bond acceptors (Lipinski definition) is 4. The van der Waals surface area contributed by atoms with Crippen LogP contribution in [0.25, 0.3) is 10.9 Å². The van der Waals surface area contributed by atoms with Gasteiger partial charge in [0.1, 0.15) is 11.3 Å². The Balaban J connectivity index is 0.000000396. The van der Waals surface area contributed by atoms with E-state index in [0.29, 0.717) is 12.8 Å². The summed E-state index contributed by atoms with van der Waals surface area (Å²) in [5.41, 5.74) is 1.79. The molecule has 0 unspecified atom stereocenters. The monoisotopic (exact) mass is 427 g/mol. The van der Waals surface area contributed by atoms with Gasteiger partial charge in [0.15, 0.2) is 17.5 Å². The minimum absolute atomic E-state index is 0.252. The molecule has 1 saturated carbocycles. The molecular formula is C21H28F3N3O3. The Hall–Kier alpha value is -2.55. The third kappa shape index (κ3) is 4.61. The van der Waals surface area contributed by atoms with Crippen molar-refractivity contribution in [3.63, 3.8) is 0 Å². The number of aromatic nitrogens is 1. The molecule has 30 heavy (non-hydrogen) atoms. The molecule has 0 radical (unpaired) electrons. The first-order valence-corrected chi connectivity index (χ1v) is 10.1. The van der Waals surface area contributed by atoms with Crippen molar-refractivity contribution in [2.75, 3.05) is 12.5 Å². The third-order valence-electron chi connectivity index (χ3n) is 5.45. The number of anilines is 1. The highest BCUT2D eigenvalue weighted by molar-refractivity contribution is 5.98. The number of hydrazine groups is 1. The topological polar surface area (TPSA) is 83.4 Å². The predicted octanol–water partition coefficient (Wildman–Crippen LogP) is 4.83. The maximum Gasteiger partial charge on any atom is 0.341 e. The Morgan fingerprint density at radius 1 is 1.13 bits per heavy atom. The zero-order valence-corrected chi connectivity index (χ0v) is 17.6. The Labute approximate surface area is 173 Å². The summed E-state index contributed by atoms with van der Waals surface area (Å²) < 4.78 is 43.3. The average Bonchev–Trinajstić information content (AvgIpc) is 3.56. The van der Waals surface area contributed by atoms with Crippen LogP contribution in [0.2, 0.25) is 0 Å². The van der Waals surface area contributed by atoms with E-state index in [1.54, 1.807) is 0 Å². The fraction of sp³-hybridized carbons (Fsp3) is 0.524. The quantitative estimate of drug-likeness (QED) is 0.435. The minimum Gasteiger partial charge on any atom is -0.477 e. The van der Waals surface area contributed by atoms with Crippen LogP contribution in [0.3, 0.4) is 0 Å². The molecule has 6 nitrogen and oxygen atoms in total. The van der Waals surface area contributed by atoms with Gasteiger partial charge in [0.25, 0.3) is 0 Å². The van der Waals surface area contributed by atoms with Crippen LogP contribution in [-0.4, -0.2) is 22.7 Å². The van der Waals surface area contributed by atoms with Crippen molar-refractivity contribution >= 4 is 22.6 Å². The summed E-state index contributed by atoms with van der Waals surface area (Å²) in [7, 11) is 1.34. The minimum atomic E-state index is -1.73. The van der Waals surface area contributed by atoms with Crippen LogP contribution in [0.1, 0.15) is 69.3 Å². The zero-order chi connectivity index (χ0) is 22.6. The van der Waals surface area contributed by atoms with Gasteiger partial charge in [-0.2, -0.15) is 0 Å². The van der Waals surface area contributed by atoms with Crippen molar-refractivity contribution in [2.24, 2.45) is 5.92 Å². The molecule has 1 fully saturated rings. The first-order chi connectivity index (χ1) is 14.2. The third-order valence-corrected chi connectivity index (χ3v) is 5.45. The average molecular weight is 427 g/mol. The molecule has 3 rings (SSSR count). The number of nitrogens with zero attached hydrogens (tertiary/aromatic N) is 1. The van der Waals surface area contributed by atoms with E-state index in [2.05, 4.69) is 31.6 Å². The SMILES string of the molecule is CCC(CC)CC.CNNc1c(F)c(F)c(F)c2c1c(=O)c(C(=O)O)cn2C1CC1. The van der Waals surface area contributed by atoms with E-state index in [-0.39, 0.29) is 6.04 Å². The summed E-state index contributed by atoms with van der Waals surface area (Å²) in [6.45, 7) is 6.78. The molecule has 0 amide bonds. The van der Waals surface area contributed by atoms with Crippen molar-refractivity contribution in [3.05, 3.63) is 39.4 Å². The van der Waals surface area contributed by atoms with Gasteiger partial charge in [0, 0.05) is 19.3 Å². The molecule has 1 heterocycles. The van der Waals surface area contributed by atoms with E-state index >= 15 is 0 Å². The highest BCUT2D eigenvalue weighted by atomic mass is 19.2. The number of pyridine rings is 1. The van der Waals surface area contributed by atoms with Crippen LogP contribution in [-0.2, 0) is 0 Å². The first-order valence-electron chi connectivity index (χ1n) is 10.1. The molecule has 1 aromatic heterocycles. The van der Waals surface area contributed by atoms with Crippen molar-refractivity contribution in [1.82, 2.24) is 9.99 Å². The summed E-state index contributed by atoms with van der Waals surface area (Å²) in [5.74, 6) is -5.37. The fourth-order valence-corrected chi connectivity index (χ4v) is 3.41. The van der Waals surface area contributed by atoms with Gasteiger partial charge >= 0.3 is 5.97 Å². The fourth-order valence-electron chi connectivity index (χ4n) is 3.41. The number of carboxylic acids is 1. The number of carboxylic acid groups (broad SMARTS) is 1. The van der Waals surface area contributed by atoms with E-state index in [1.165, 1.54) is 30.9 Å². The Morgan fingerprint density at radius 3 is 2.10 bits per heavy atom. The normalized spacial score (nSPS) is 13.3. The number of hydrogen-bond donors (Lipinski definition) is 3. The van der Waals surface area contributed by atoms with E-state index in [4.69, 9.17) is 5.11 Å². The van der Waals surface area contributed by atoms with Gasteiger partial charge in [-0.15, -0.1) is 0 Å². The van der Waals surface area contributed by atoms with Crippen LogP contribution in [0.5, 0.6) is 0 Å². The molecule has 0 aliphatic heterocycles. The summed E-state index contributed by atoms with van der Waals surface area (Å²) in [6.07, 6.45) is 6.30. The lowest BCUT2D eigenvalue weighted by molar-refractivity contribution is 0.0695. The lowest BCUT2D eigenvalue weighted by Crippen LogP contribution is -2.24. The van der Waals surface area contributed by atoms with Gasteiger partial charge in [0.2, 0.25) is 5.43 Å². The number of halogens is 3. The van der Waals surface area contributed by atoms with E-state index in [1.807, 2.05) is 0 Å². The molecule has 0 bridgehead atoms. The molecule has 166 valence electrons. The highest BCUT2D eigenvalue weighted by Crippen LogP contribution is 2.39. The van der Waals surface area contributed by atoms with Crippen LogP contribution in [0, 0.1) is 23.4 Å². The second kappa shape index (κ2) is 9.97. The smallest absolute Gasteiger partial charge is 0.341 e. The largest absolute Gasteiger partial charge is 0.477 e. The van der Waals surface area contributed by atoms with Crippen molar-refractivity contribution < 1.29 is 23.1 Å². The predicted molar refractivity (Wildman–Crippen MR) is 110 cm³/mol. The van der Waals surface area contributed by atoms with E-state index < -0.39 is 51.0 Å². The molecule has 1 aliphatic carbocycles. The van der Waals surface area contributed by atoms with Crippen molar-refractivity contribution in [3.8, 4) is 0 Å². The molecule has 0 saturated heterocycles. The van der Waals surface area contributed by atoms with Gasteiger partial charge in [-0.3, -0.25) is 4.79 Å². The van der Waals surface area contributed by atoms with Crippen molar-refractivity contribution in [1.29, 1.82) is 0 Å². The maximum absolute atomic E-state index is 14.3. The first kappa shape index (κ1) is 23.7. The Kier molecular flexibility index (Phi) is 7.89. The number of rotatable bonds is 7. The highest BCUT2D eigenvalue weighted by Gasteiger charge is 2.32. The van der Waals surface area contributed by atoms with Crippen LogP contribution < -0.4 is 16.3 Å². The summed E-state index contributed by atoms with van der Waals surface area (Å²) >= 11 is 0. The number of benzene rings is 1. The summed E-state index contributed by atoms with van der Waals surface area (Å²) in [4.78, 5) is 23.6. The Morgan fingerprint density at radius 2 is 1.70 bits per heavy atom. The molecule has 9 heteroatoms. The lowest BCUT2D eigenvalue weighted by atomic mass is 10.0. The molecule has 0 spiro atoms. The summed E-state index contributed by atoms with van der Waals surface area (Å²) in [6, 6.07) is -0.252. The van der Waals surface area contributed by atoms with Gasteiger partial charge in [-0.1, -0.05) is 40.0 Å². The number of nitrogens with one attached hydrogen (secondary N) is 2. The van der Waals surface area contributed by atoms with E-state index in [0.717, 1.165) is 12.1 Å². The lowest BCUT2D eigenvalue weighted by Gasteiger charge is -2.16. The number of carbonyl (C=O) groups is 1. The van der Waals surface area contributed by atoms with Gasteiger partial charge in [-0.05, 0) is 18.8 Å².